The van der Waals surface area contributed by atoms with Crippen LogP contribution in [0.3, 0.4) is 0 Å². The molecule has 0 bridgehead atoms. The lowest BCUT2D eigenvalue weighted by molar-refractivity contribution is -0.118. The number of halogens is 2. The number of carbonyl (C=O) groups excluding carboxylic acids is 1. The van der Waals surface area contributed by atoms with Gasteiger partial charge in [0.25, 0.3) is 5.91 Å². The van der Waals surface area contributed by atoms with Crippen molar-refractivity contribution in [2.75, 3.05) is 11.9 Å². The molecule has 100 valence electrons. The first-order valence-corrected chi connectivity index (χ1v) is 6.48. The van der Waals surface area contributed by atoms with E-state index in [2.05, 4.69) is 36.4 Å². The Bertz CT molecular complexity index is 602. The van der Waals surface area contributed by atoms with E-state index >= 15 is 0 Å². The van der Waals surface area contributed by atoms with Gasteiger partial charge < -0.3 is 4.74 Å². The summed E-state index contributed by atoms with van der Waals surface area (Å²) in [7, 11) is 0. The highest BCUT2D eigenvalue weighted by Gasteiger charge is 2.08. The van der Waals surface area contributed by atoms with Crippen molar-refractivity contribution < 1.29 is 9.53 Å². The van der Waals surface area contributed by atoms with E-state index in [1.54, 1.807) is 25.1 Å². The van der Waals surface area contributed by atoms with Crippen LogP contribution in [0.4, 0.5) is 5.95 Å². The predicted molar refractivity (Wildman–Crippen MR) is 74.4 cm³/mol. The number of aromatic nitrogens is 3. The molecule has 1 amide bonds. The minimum absolute atomic E-state index is 0.145. The van der Waals surface area contributed by atoms with Crippen LogP contribution in [0.5, 0.6) is 5.75 Å². The van der Waals surface area contributed by atoms with E-state index in [0.717, 1.165) is 0 Å². The SMILES string of the molecule is Cc1nc(NC(=O)COc2ccc(Cl)cc2Br)n[nH]1. The van der Waals surface area contributed by atoms with Crippen LogP contribution in [0.25, 0.3) is 0 Å². The molecule has 0 saturated carbocycles. The second-order valence-electron chi connectivity index (χ2n) is 3.66. The molecule has 0 saturated heterocycles. The summed E-state index contributed by atoms with van der Waals surface area (Å²) in [4.78, 5) is 15.6. The first-order valence-electron chi connectivity index (χ1n) is 5.31. The highest BCUT2D eigenvalue weighted by Crippen LogP contribution is 2.27. The quantitative estimate of drug-likeness (QED) is 0.892. The maximum absolute atomic E-state index is 11.6. The third-order valence-corrected chi connectivity index (χ3v) is 2.96. The van der Waals surface area contributed by atoms with Gasteiger partial charge in [0.2, 0.25) is 5.95 Å². The molecular weight excluding hydrogens is 336 g/mol. The summed E-state index contributed by atoms with van der Waals surface area (Å²) in [5.41, 5.74) is 0. The van der Waals surface area contributed by atoms with Gasteiger partial charge in [-0.25, -0.2) is 0 Å². The van der Waals surface area contributed by atoms with E-state index in [9.17, 15) is 4.79 Å². The zero-order valence-corrected chi connectivity index (χ0v) is 12.2. The lowest BCUT2D eigenvalue weighted by atomic mass is 10.3. The van der Waals surface area contributed by atoms with Crippen LogP contribution < -0.4 is 10.1 Å². The summed E-state index contributed by atoms with van der Waals surface area (Å²) in [5.74, 6) is 1.03. The monoisotopic (exact) mass is 344 g/mol. The predicted octanol–water partition coefficient (Wildman–Crippen LogP) is 2.55. The average molecular weight is 346 g/mol. The molecule has 8 heteroatoms. The first kappa shape index (κ1) is 13.8. The molecule has 0 unspecified atom stereocenters. The minimum atomic E-state index is -0.346. The molecule has 1 aromatic heterocycles. The van der Waals surface area contributed by atoms with Crippen LogP contribution in [-0.4, -0.2) is 27.7 Å². The molecule has 1 heterocycles. The fourth-order valence-corrected chi connectivity index (χ4v) is 2.09. The van der Waals surface area contributed by atoms with Crippen LogP contribution in [0.1, 0.15) is 5.82 Å². The number of rotatable bonds is 4. The minimum Gasteiger partial charge on any atom is -0.483 e. The molecule has 0 fully saturated rings. The third kappa shape index (κ3) is 3.93. The average Bonchev–Trinajstić information content (AvgIpc) is 2.73. The standard InChI is InChI=1S/C11H10BrClN4O2/c1-6-14-11(17-16-6)15-10(18)5-19-9-3-2-7(13)4-8(9)12/h2-4H,5H2,1H3,(H2,14,15,16,17,18). The van der Waals surface area contributed by atoms with E-state index in [4.69, 9.17) is 16.3 Å². The largest absolute Gasteiger partial charge is 0.483 e. The topological polar surface area (TPSA) is 79.9 Å². The van der Waals surface area contributed by atoms with Crippen molar-refractivity contribution in [1.29, 1.82) is 0 Å². The van der Waals surface area contributed by atoms with Gasteiger partial charge in [0, 0.05) is 5.02 Å². The number of nitrogens with one attached hydrogen (secondary N) is 2. The van der Waals surface area contributed by atoms with Crippen LogP contribution in [0.2, 0.25) is 5.02 Å². The van der Waals surface area contributed by atoms with Gasteiger partial charge in [-0.15, -0.1) is 5.10 Å². The second kappa shape index (κ2) is 6.03. The van der Waals surface area contributed by atoms with Gasteiger partial charge in [0.1, 0.15) is 11.6 Å². The van der Waals surface area contributed by atoms with Gasteiger partial charge in [0.05, 0.1) is 4.47 Å². The Morgan fingerprint density at radius 1 is 1.58 bits per heavy atom. The van der Waals surface area contributed by atoms with E-state index in [1.165, 1.54) is 0 Å². The number of benzene rings is 1. The Labute approximate surface area is 122 Å². The van der Waals surface area contributed by atoms with Crippen molar-refractivity contribution in [3.8, 4) is 5.75 Å². The molecule has 0 radical (unpaired) electrons. The molecule has 0 spiro atoms. The molecule has 2 N–H and O–H groups in total. The van der Waals surface area contributed by atoms with Crippen molar-refractivity contribution >= 4 is 39.4 Å². The fourth-order valence-electron chi connectivity index (χ4n) is 1.29. The maximum atomic E-state index is 11.6. The number of ether oxygens (including phenoxy) is 1. The van der Waals surface area contributed by atoms with Crippen molar-refractivity contribution in [1.82, 2.24) is 15.2 Å². The van der Waals surface area contributed by atoms with Crippen LogP contribution >= 0.6 is 27.5 Å². The third-order valence-electron chi connectivity index (χ3n) is 2.10. The Morgan fingerprint density at radius 3 is 3.00 bits per heavy atom. The molecule has 19 heavy (non-hydrogen) atoms. The smallest absolute Gasteiger partial charge is 0.264 e. The molecule has 2 aromatic rings. The lowest BCUT2D eigenvalue weighted by Crippen LogP contribution is -2.21. The number of carbonyl (C=O) groups is 1. The number of aryl methyl sites for hydroxylation is 1. The maximum Gasteiger partial charge on any atom is 0.264 e. The first-order chi connectivity index (χ1) is 9.04. The van der Waals surface area contributed by atoms with Crippen molar-refractivity contribution in [2.24, 2.45) is 0 Å². The summed E-state index contributed by atoms with van der Waals surface area (Å²) in [6.07, 6.45) is 0. The number of hydrogen-bond acceptors (Lipinski definition) is 4. The molecule has 0 aliphatic carbocycles. The Balaban J connectivity index is 1.89. The van der Waals surface area contributed by atoms with Crippen molar-refractivity contribution in [3.05, 3.63) is 33.5 Å². The van der Waals surface area contributed by atoms with Crippen LogP contribution in [0, 0.1) is 6.92 Å². The highest BCUT2D eigenvalue weighted by molar-refractivity contribution is 9.10. The molecule has 0 atom stereocenters. The summed E-state index contributed by atoms with van der Waals surface area (Å²) in [6.45, 7) is 1.60. The van der Waals surface area contributed by atoms with Crippen molar-refractivity contribution in [3.63, 3.8) is 0 Å². The fraction of sp³-hybridized carbons (Fsp3) is 0.182. The zero-order valence-electron chi connectivity index (χ0n) is 9.91. The summed E-state index contributed by atoms with van der Waals surface area (Å²) < 4.78 is 6.03. The van der Waals surface area contributed by atoms with Crippen molar-refractivity contribution in [2.45, 2.75) is 6.92 Å². The number of aromatic amines is 1. The van der Waals surface area contributed by atoms with E-state index < -0.39 is 0 Å². The van der Waals surface area contributed by atoms with E-state index in [1.807, 2.05) is 0 Å². The van der Waals surface area contributed by atoms with Gasteiger partial charge in [0.15, 0.2) is 6.61 Å². The summed E-state index contributed by atoms with van der Waals surface area (Å²) in [5, 5.41) is 9.50. The highest BCUT2D eigenvalue weighted by atomic mass is 79.9. The van der Waals surface area contributed by atoms with Crippen LogP contribution in [-0.2, 0) is 4.79 Å². The second-order valence-corrected chi connectivity index (χ2v) is 4.95. The van der Waals surface area contributed by atoms with Crippen LogP contribution in [0.15, 0.2) is 22.7 Å². The van der Waals surface area contributed by atoms with Gasteiger partial charge in [-0.05, 0) is 41.1 Å². The number of amides is 1. The Hall–Kier alpha value is -1.60. The van der Waals surface area contributed by atoms with Gasteiger partial charge in [-0.3, -0.25) is 15.2 Å². The van der Waals surface area contributed by atoms with E-state index in [-0.39, 0.29) is 18.5 Å². The number of nitrogens with zero attached hydrogens (tertiary/aromatic N) is 2. The molecule has 0 aliphatic heterocycles. The van der Waals surface area contributed by atoms with Gasteiger partial charge >= 0.3 is 0 Å². The normalized spacial score (nSPS) is 10.3. The number of anilines is 1. The summed E-state index contributed by atoms with van der Waals surface area (Å²) >= 11 is 9.10. The Morgan fingerprint density at radius 2 is 2.37 bits per heavy atom. The Kier molecular flexibility index (Phi) is 4.39. The van der Waals surface area contributed by atoms with Gasteiger partial charge in [-0.1, -0.05) is 11.6 Å². The number of hydrogen-bond donors (Lipinski definition) is 2. The molecule has 0 aliphatic rings. The molecular formula is C11H10BrClN4O2. The number of H-pyrrole nitrogens is 1. The lowest BCUT2D eigenvalue weighted by Gasteiger charge is -2.07. The zero-order chi connectivity index (χ0) is 13.8. The molecule has 1 aromatic carbocycles. The molecule has 2 rings (SSSR count). The summed E-state index contributed by atoms with van der Waals surface area (Å²) in [6, 6.07) is 5.04. The molecule has 6 nitrogen and oxygen atoms in total. The van der Waals surface area contributed by atoms with Gasteiger partial charge in [-0.2, -0.15) is 4.98 Å². The van der Waals surface area contributed by atoms with E-state index in [0.29, 0.717) is 21.1 Å².